The zero-order valence-corrected chi connectivity index (χ0v) is 12.3. The summed E-state index contributed by atoms with van der Waals surface area (Å²) in [6.45, 7) is 6.36. The van der Waals surface area contributed by atoms with Crippen LogP contribution in [0.5, 0.6) is 0 Å². The molecule has 5 heteroatoms. The van der Waals surface area contributed by atoms with Crippen LogP contribution in [0.15, 0.2) is 18.2 Å². The summed E-state index contributed by atoms with van der Waals surface area (Å²) in [6, 6.07) is 5.05. The Hall–Kier alpha value is -1.26. The van der Waals surface area contributed by atoms with E-state index in [2.05, 4.69) is 24.1 Å². The third-order valence-corrected chi connectivity index (χ3v) is 3.17. The van der Waals surface area contributed by atoms with Crippen LogP contribution in [0.4, 0.5) is 11.4 Å². The lowest BCUT2D eigenvalue weighted by Crippen LogP contribution is -2.34. The molecule has 0 aliphatic heterocycles. The predicted octanol–water partition coefficient (Wildman–Crippen LogP) is 2.98. The molecule has 0 unspecified atom stereocenters. The fraction of sp³-hybridized carbons (Fsp3) is 0.500. The van der Waals surface area contributed by atoms with Gasteiger partial charge in [-0.3, -0.25) is 9.69 Å². The lowest BCUT2D eigenvalue weighted by atomic mass is 10.2. The van der Waals surface area contributed by atoms with Gasteiger partial charge >= 0.3 is 0 Å². The van der Waals surface area contributed by atoms with Gasteiger partial charge in [0.15, 0.2) is 0 Å². The van der Waals surface area contributed by atoms with Crippen LogP contribution in [0.3, 0.4) is 0 Å². The number of amides is 1. The summed E-state index contributed by atoms with van der Waals surface area (Å²) in [5.74, 6) is -0.0630. The number of anilines is 2. The summed E-state index contributed by atoms with van der Waals surface area (Å²) in [7, 11) is 0. The number of nitrogen functional groups attached to an aromatic ring is 1. The van der Waals surface area contributed by atoms with E-state index in [0.717, 1.165) is 25.9 Å². The largest absolute Gasteiger partial charge is 0.397 e. The average Bonchev–Trinajstić information content (AvgIpc) is 2.38. The fourth-order valence-electron chi connectivity index (χ4n) is 1.76. The number of rotatable bonds is 7. The highest BCUT2D eigenvalue weighted by atomic mass is 35.5. The molecule has 0 aliphatic rings. The van der Waals surface area contributed by atoms with Crippen molar-refractivity contribution in [1.29, 1.82) is 0 Å². The molecule has 0 atom stereocenters. The van der Waals surface area contributed by atoms with Crippen molar-refractivity contribution in [3.05, 3.63) is 23.2 Å². The van der Waals surface area contributed by atoms with Gasteiger partial charge in [0.25, 0.3) is 0 Å². The fourth-order valence-corrected chi connectivity index (χ4v) is 1.93. The summed E-state index contributed by atoms with van der Waals surface area (Å²) >= 11 is 5.88. The summed E-state index contributed by atoms with van der Waals surface area (Å²) in [5.41, 5.74) is 6.89. The van der Waals surface area contributed by atoms with Crippen molar-refractivity contribution in [1.82, 2.24) is 4.90 Å². The maximum atomic E-state index is 12.0. The van der Waals surface area contributed by atoms with Gasteiger partial charge in [-0.25, -0.2) is 0 Å². The Labute approximate surface area is 119 Å². The van der Waals surface area contributed by atoms with Crippen LogP contribution in [0, 0.1) is 0 Å². The van der Waals surface area contributed by atoms with Crippen LogP contribution in [-0.2, 0) is 4.79 Å². The normalized spacial score (nSPS) is 10.7. The second-order valence-electron chi connectivity index (χ2n) is 4.50. The van der Waals surface area contributed by atoms with Crippen LogP contribution in [0.1, 0.15) is 26.7 Å². The van der Waals surface area contributed by atoms with Crippen molar-refractivity contribution in [3.8, 4) is 0 Å². The molecule has 1 aromatic rings. The van der Waals surface area contributed by atoms with Gasteiger partial charge in [0, 0.05) is 5.02 Å². The molecule has 0 bridgehead atoms. The first kappa shape index (κ1) is 15.8. The molecule has 0 saturated heterocycles. The first-order valence-electron chi connectivity index (χ1n) is 6.64. The minimum atomic E-state index is -0.0630. The smallest absolute Gasteiger partial charge is 0.238 e. The van der Waals surface area contributed by atoms with Crippen LogP contribution >= 0.6 is 11.6 Å². The Morgan fingerprint density at radius 2 is 2.16 bits per heavy atom. The van der Waals surface area contributed by atoms with Gasteiger partial charge in [-0.1, -0.05) is 31.9 Å². The SMILES string of the molecule is CCCCN(CC)CC(=O)Nc1cc(Cl)ccc1N. The third-order valence-electron chi connectivity index (χ3n) is 2.93. The standard InChI is InChI=1S/C14H22ClN3O/c1-3-5-8-18(4-2)10-14(19)17-13-9-11(15)6-7-12(13)16/h6-7,9H,3-5,8,10,16H2,1-2H3,(H,17,19). The number of benzene rings is 1. The molecule has 4 nitrogen and oxygen atoms in total. The van der Waals surface area contributed by atoms with Crippen molar-refractivity contribution < 1.29 is 4.79 Å². The van der Waals surface area contributed by atoms with Crippen molar-refractivity contribution in [3.63, 3.8) is 0 Å². The van der Waals surface area contributed by atoms with Gasteiger partial charge < -0.3 is 11.1 Å². The second-order valence-corrected chi connectivity index (χ2v) is 4.94. The first-order valence-corrected chi connectivity index (χ1v) is 7.01. The van der Waals surface area contributed by atoms with E-state index in [-0.39, 0.29) is 5.91 Å². The second kappa shape index (κ2) is 8.02. The third kappa shape index (κ3) is 5.49. The number of likely N-dealkylation sites (N-methyl/N-ethyl adjacent to an activating group) is 1. The Morgan fingerprint density at radius 1 is 1.42 bits per heavy atom. The minimum absolute atomic E-state index is 0.0630. The van der Waals surface area contributed by atoms with Gasteiger partial charge in [0.2, 0.25) is 5.91 Å². The zero-order valence-electron chi connectivity index (χ0n) is 11.6. The average molecular weight is 284 g/mol. The molecule has 19 heavy (non-hydrogen) atoms. The molecule has 1 amide bonds. The van der Waals surface area contributed by atoms with E-state index < -0.39 is 0 Å². The highest BCUT2D eigenvalue weighted by Crippen LogP contribution is 2.22. The lowest BCUT2D eigenvalue weighted by Gasteiger charge is -2.19. The van der Waals surface area contributed by atoms with Crippen molar-refractivity contribution in [2.24, 2.45) is 0 Å². The number of nitrogens with zero attached hydrogens (tertiary/aromatic N) is 1. The van der Waals surface area contributed by atoms with E-state index in [1.54, 1.807) is 18.2 Å². The summed E-state index contributed by atoms with van der Waals surface area (Å²) in [5, 5.41) is 3.36. The van der Waals surface area contributed by atoms with Crippen molar-refractivity contribution in [2.45, 2.75) is 26.7 Å². The van der Waals surface area contributed by atoms with Crippen molar-refractivity contribution >= 4 is 28.9 Å². The number of nitrogens with two attached hydrogens (primary N) is 1. The number of hydrogen-bond donors (Lipinski definition) is 2. The molecule has 0 heterocycles. The molecule has 0 saturated carbocycles. The Balaban J connectivity index is 2.56. The topological polar surface area (TPSA) is 58.4 Å². The molecule has 1 rings (SSSR count). The quantitative estimate of drug-likeness (QED) is 0.757. The summed E-state index contributed by atoms with van der Waals surface area (Å²) in [4.78, 5) is 14.1. The van der Waals surface area contributed by atoms with E-state index in [1.807, 2.05) is 0 Å². The Bertz CT molecular complexity index is 423. The number of carbonyl (C=O) groups excluding carboxylic acids is 1. The van der Waals surface area contributed by atoms with Crippen LogP contribution in [0.2, 0.25) is 5.02 Å². The molecule has 1 aromatic carbocycles. The number of nitrogens with one attached hydrogen (secondary N) is 1. The van der Waals surface area contributed by atoms with Crippen LogP contribution < -0.4 is 11.1 Å². The van der Waals surface area contributed by atoms with Crippen LogP contribution in [-0.4, -0.2) is 30.4 Å². The van der Waals surface area contributed by atoms with Crippen molar-refractivity contribution in [2.75, 3.05) is 30.7 Å². The highest BCUT2D eigenvalue weighted by molar-refractivity contribution is 6.31. The maximum Gasteiger partial charge on any atom is 0.238 e. The molecular formula is C14H22ClN3O. The first-order chi connectivity index (χ1) is 9.06. The van der Waals surface area contributed by atoms with Gasteiger partial charge in [-0.2, -0.15) is 0 Å². The lowest BCUT2D eigenvalue weighted by molar-refractivity contribution is -0.117. The van der Waals surface area contributed by atoms with E-state index >= 15 is 0 Å². The molecule has 0 aliphatic carbocycles. The van der Waals surface area contributed by atoms with Gasteiger partial charge in [-0.05, 0) is 37.7 Å². The molecular weight excluding hydrogens is 262 g/mol. The van der Waals surface area contributed by atoms with Crippen LogP contribution in [0.25, 0.3) is 0 Å². The number of hydrogen-bond acceptors (Lipinski definition) is 3. The minimum Gasteiger partial charge on any atom is -0.397 e. The molecule has 0 radical (unpaired) electrons. The van der Waals surface area contributed by atoms with E-state index in [9.17, 15) is 4.79 Å². The Kier molecular flexibility index (Phi) is 6.67. The zero-order chi connectivity index (χ0) is 14.3. The van der Waals surface area contributed by atoms with E-state index in [0.29, 0.717) is 22.9 Å². The van der Waals surface area contributed by atoms with Gasteiger partial charge in [0.1, 0.15) is 0 Å². The maximum absolute atomic E-state index is 12.0. The number of halogens is 1. The summed E-state index contributed by atoms with van der Waals surface area (Å²) in [6.07, 6.45) is 2.22. The highest BCUT2D eigenvalue weighted by Gasteiger charge is 2.10. The number of unbranched alkanes of at least 4 members (excludes halogenated alkanes) is 1. The predicted molar refractivity (Wildman–Crippen MR) is 81.5 cm³/mol. The molecule has 0 aromatic heterocycles. The van der Waals surface area contributed by atoms with Gasteiger partial charge in [-0.15, -0.1) is 0 Å². The molecule has 0 spiro atoms. The molecule has 0 fully saturated rings. The number of carbonyl (C=O) groups is 1. The van der Waals surface area contributed by atoms with E-state index in [4.69, 9.17) is 17.3 Å². The van der Waals surface area contributed by atoms with Gasteiger partial charge in [0.05, 0.1) is 17.9 Å². The monoisotopic (exact) mass is 283 g/mol. The summed E-state index contributed by atoms with van der Waals surface area (Å²) < 4.78 is 0. The molecule has 106 valence electrons. The Morgan fingerprint density at radius 3 is 2.79 bits per heavy atom. The van der Waals surface area contributed by atoms with E-state index in [1.165, 1.54) is 0 Å². The molecule has 3 N–H and O–H groups in total.